The lowest BCUT2D eigenvalue weighted by molar-refractivity contribution is -0.153. The highest BCUT2D eigenvalue weighted by molar-refractivity contribution is 6.30. The number of ether oxygens (including phenoxy) is 3. The Labute approximate surface area is 209 Å². The highest BCUT2D eigenvalue weighted by atomic mass is 35.5. The van der Waals surface area contributed by atoms with Crippen LogP contribution in [-0.4, -0.2) is 69.7 Å². The molecule has 1 amide bonds. The van der Waals surface area contributed by atoms with Gasteiger partial charge in [0.05, 0.1) is 20.8 Å². The van der Waals surface area contributed by atoms with Gasteiger partial charge < -0.3 is 24.0 Å². The molecule has 0 aliphatic carbocycles. The summed E-state index contributed by atoms with van der Waals surface area (Å²) in [5.41, 5.74) is 1.75. The quantitative estimate of drug-likeness (QED) is 0.481. The molecule has 4 rings (SSSR count). The molecule has 2 aliphatic heterocycles. The van der Waals surface area contributed by atoms with Crippen LogP contribution >= 0.6 is 11.6 Å². The van der Waals surface area contributed by atoms with Crippen LogP contribution in [-0.2, 0) is 14.3 Å². The smallest absolute Gasteiger partial charge is 0.321 e. The lowest BCUT2D eigenvalue weighted by atomic mass is 9.91. The van der Waals surface area contributed by atoms with Crippen molar-refractivity contribution < 1.29 is 23.8 Å². The van der Waals surface area contributed by atoms with Gasteiger partial charge in [-0.1, -0.05) is 17.7 Å². The number of piperazine rings is 1. The summed E-state index contributed by atoms with van der Waals surface area (Å²) in [6, 6.07) is 12.2. The van der Waals surface area contributed by atoms with Gasteiger partial charge in [0.25, 0.3) is 0 Å². The molecule has 35 heavy (non-hydrogen) atoms. The van der Waals surface area contributed by atoms with Gasteiger partial charge in [0.15, 0.2) is 17.4 Å². The van der Waals surface area contributed by atoms with Crippen molar-refractivity contribution in [2.24, 2.45) is 10.9 Å². The molecular formula is C25H29ClN4O5. The number of esters is 1. The van der Waals surface area contributed by atoms with E-state index in [1.54, 1.807) is 32.2 Å². The Morgan fingerprint density at radius 1 is 1.03 bits per heavy atom. The van der Waals surface area contributed by atoms with Crippen molar-refractivity contribution in [3.63, 3.8) is 0 Å². The topological polar surface area (TPSA) is 92.7 Å². The second-order valence-electron chi connectivity index (χ2n) is 8.18. The zero-order valence-electron chi connectivity index (χ0n) is 20.0. The SMILES string of the molecule is CCOC(=O)[C@@H]1C(=O)NC(N2CCN(c3ccc(Cl)cc3)CC2)=N[C@H]1c1ccc(OC)c(OC)c1. The molecule has 2 aromatic carbocycles. The first kappa shape index (κ1) is 24.7. The zero-order valence-corrected chi connectivity index (χ0v) is 20.7. The third-order valence-electron chi connectivity index (χ3n) is 6.16. The molecule has 0 spiro atoms. The number of amides is 1. The Bertz CT molecular complexity index is 1100. The van der Waals surface area contributed by atoms with E-state index in [2.05, 4.69) is 10.2 Å². The van der Waals surface area contributed by atoms with Gasteiger partial charge in [-0.3, -0.25) is 14.9 Å². The number of guanidine groups is 1. The number of aliphatic imine (C=N–C) groups is 1. The number of anilines is 1. The molecule has 2 aromatic rings. The molecule has 9 nitrogen and oxygen atoms in total. The first-order valence-corrected chi connectivity index (χ1v) is 11.9. The van der Waals surface area contributed by atoms with Crippen LogP contribution in [0.4, 0.5) is 5.69 Å². The Kier molecular flexibility index (Phi) is 7.65. The van der Waals surface area contributed by atoms with E-state index in [-0.39, 0.29) is 6.61 Å². The van der Waals surface area contributed by atoms with Crippen molar-refractivity contribution in [1.29, 1.82) is 0 Å². The van der Waals surface area contributed by atoms with Crippen molar-refractivity contribution in [2.45, 2.75) is 13.0 Å². The number of methoxy groups -OCH3 is 2. The molecule has 1 fully saturated rings. The molecule has 0 saturated carbocycles. The van der Waals surface area contributed by atoms with E-state index in [0.717, 1.165) is 18.8 Å². The van der Waals surface area contributed by atoms with Crippen LogP contribution in [0.15, 0.2) is 47.5 Å². The summed E-state index contributed by atoms with van der Waals surface area (Å²) in [7, 11) is 3.08. The van der Waals surface area contributed by atoms with E-state index >= 15 is 0 Å². The number of nitrogens with one attached hydrogen (secondary N) is 1. The summed E-state index contributed by atoms with van der Waals surface area (Å²) in [5, 5.41) is 3.53. The average Bonchev–Trinajstić information content (AvgIpc) is 2.88. The van der Waals surface area contributed by atoms with Gasteiger partial charge in [-0.15, -0.1) is 0 Å². The zero-order chi connectivity index (χ0) is 24.9. The van der Waals surface area contributed by atoms with E-state index in [1.165, 1.54) is 7.11 Å². The normalized spacial score (nSPS) is 20.1. The fraction of sp³-hybridized carbons (Fsp3) is 0.400. The number of rotatable bonds is 6. The maximum absolute atomic E-state index is 13.1. The predicted octanol–water partition coefficient (Wildman–Crippen LogP) is 2.89. The number of nitrogens with zero attached hydrogens (tertiary/aromatic N) is 3. The molecule has 2 heterocycles. The van der Waals surface area contributed by atoms with Crippen molar-refractivity contribution in [2.75, 3.05) is 51.9 Å². The van der Waals surface area contributed by atoms with E-state index in [9.17, 15) is 9.59 Å². The summed E-state index contributed by atoms with van der Waals surface area (Å²) in [4.78, 5) is 35.0. The van der Waals surface area contributed by atoms with Crippen molar-refractivity contribution in [3.8, 4) is 11.5 Å². The van der Waals surface area contributed by atoms with Crippen LogP contribution in [0.2, 0.25) is 5.02 Å². The van der Waals surface area contributed by atoms with Gasteiger partial charge in [0.1, 0.15) is 6.04 Å². The lowest BCUT2D eigenvalue weighted by Gasteiger charge is -2.39. The summed E-state index contributed by atoms with van der Waals surface area (Å²) >= 11 is 6.01. The van der Waals surface area contributed by atoms with Gasteiger partial charge in [-0.2, -0.15) is 0 Å². The molecule has 0 unspecified atom stereocenters. The van der Waals surface area contributed by atoms with Gasteiger partial charge in [-0.25, -0.2) is 4.99 Å². The lowest BCUT2D eigenvalue weighted by Crippen LogP contribution is -2.57. The van der Waals surface area contributed by atoms with E-state index < -0.39 is 23.8 Å². The van der Waals surface area contributed by atoms with E-state index in [0.29, 0.717) is 41.1 Å². The van der Waals surface area contributed by atoms with Crippen molar-refractivity contribution >= 4 is 35.1 Å². The van der Waals surface area contributed by atoms with Gasteiger partial charge in [0.2, 0.25) is 11.9 Å². The number of carbonyl (C=O) groups is 2. The number of hydrogen-bond donors (Lipinski definition) is 1. The van der Waals surface area contributed by atoms with E-state index in [1.807, 2.05) is 29.2 Å². The second-order valence-corrected chi connectivity index (χ2v) is 8.62. The molecule has 10 heteroatoms. The molecule has 2 aliphatic rings. The Morgan fingerprint density at radius 2 is 1.69 bits per heavy atom. The summed E-state index contributed by atoms with van der Waals surface area (Å²) < 4.78 is 16.0. The third-order valence-corrected chi connectivity index (χ3v) is 6.41. The molecule has 0 bridgehead atoms. The van der Waals surface area contributed by atoms with Crippen molar-refractivity contribution in [3.05, 3.63) is 53.1 Å². The fourth-order valence-electron chi connectivity index (χ4n) is 4.33. The molecule has 0 radical (unpaired) electrons. The minimum absolute atomic E-state index is 0.171. The monoisotopic (exact) mass is 500 g/mol. The minimum Gasteiger partial charge on any atom is -0.493 e. The molecule has 2 atom stereocenters. The van der Waals surface area contributed by atoms with Crippen LogP contribution in [0, 0.1) is 5.92 Å². The standard InChI is InChI=1S/C25H29ClN4O5/c1-4-35-24(32)21-22(16-5-10-19(33-2)20(15-16)34-3)27-25(28-23(21)31)30-13-11-29(12-14-30)18-8-6-17(26)7-9-18/h5-10,15,21-22H,4,11-14H2,1-3H3,(H,27,28,31)/t21-,22-/m0/s1. The van der Waals surface area contributed by atoms with Crippen LogP contribution < -0.4 is 19.7 Å². The van der Waals surface area contributed by atoms with Crippen LogP contribution in [0.25, 0.3) is 0 Å². The molecular weight excluding hydrogens is 472 g/mol. The first-order chi connectivity index (χ1) is 16.9. The average molecular weight is 501 g/mol. The van der Waals surface area contributed by atoms with E-state index in [4.69, 9.17) is 30.8 Å². The van der Waals surface area contributed by atoms with Gasteiger partial charge in [-0.05, 0) is 48.9 Å². The number of carbonyl (C=O) groups excluding carboxylic acids is 2. The third kappa shape index (κ3) is 5.30. The highest BCUT2D eigenvalue weighted by Crippen LogP contribution is 2.36. The summed E-state index contributed by atoms with van der Waals surface area (Å²) in [6.45, 7) is 4.69. The number of hydrogen-bond acceptors (Lipinski definition) is 8. The molecule has 186 valence electrons. The number of benzene rings is 2. The van der Waals surface area contributed by atoms with Crippen molar-refractivity contribution in [1.82, 2.24) is 10.2 Å². The maximum Gasteiger partial charge on any atom is 0.321 e. The largest absolute Gasteiger partial charge is 0.493 e. The first-order valence-electron chi connectivity index (χ1n) is 11.5. The van der Waals surface area contributed by atoms with Crippen LogP contribution in [0.5, 0.6) is 11.5 Å². The molecule has 0 aromatic heterocycles. The maximum atomic E-state index is 13.1. The second kappa shape index (κ2) is 10.9. The Hall–Kier alpha value is -3.46. The molecule has 1 saturated heterocycles. The van der Waals surface area contributed by atoms with Crippen LogP contribution in [0.3, 0.4) is 0 Å². The Balaban J connectivity index is 1.60. The minimum atomic E-state index is -1.10. The van der Waals surface area contributed by atoms with Gasteiger partial charge in [0, 0.05) is 36.9 Å². The molecule has 1 N–H and O–H groups in total. The summed E-state index contributed by atoms with van der Waals surface area (Å²) in [6.07, 6.45) is 0. The number of halogens is 1. The van der Waals surface area contributed by atoms with Crippen LogP contribution in [0.1, 0.15) is 18.5 Å². The highest BCUT2D eigenvalue weighted by Gasteiger charge is 2.42. The summed E-state index contributed by atoms with van der Waals surface area (Å²) in [5.74, 6) is -0.662. The Morgan fingerprint density at radius 3 is 2.31 bits per heavy atom. The van der Waals surface area contributed by atoms with Gasteiger partial charge >= 0.3 is 5.97 Å². The predicted molar refractivity (Wildman–Crippen MR) is 133 cm³/mol. The fourth-order valence-corrected chi connectivity index (χ4v) is 4.46.